The summed E-state index contributed by atoms with van der Waals surface area (Å²) in [6, 6.07) is 14.2. The van der Waals surface area contributed by atoms with Gasteiger partial charge in [0.25, 0.3) is 5.91 Å². The number of hydrogen-bond donors (Lipinski definition) is 1. The van der Waals surface area contributed by atoms with Crippen LogP contribution in [0.2, 0.25) is 0 Å². The van der Waals surface area contributed by atoms with Crippen LogP contribution < -0.4 is 10.1 Å². The van der Waals surface area contributed by atoms with Gasteiger partial charge in [-0.15, -0.1) is 10.2 Å². The molecule has 0 saturated carbocycles. The van der Waals surface area contributed by atoms with Crippen LogP contribution in [0.3, 0.4) is 0 Å². The van der Waals surface area contributed by atoms with Gasteiger partial charge in [-0.05, 0) is 43.3 Å². The van der Waals surface area contributed by atoms with Crippen LogP contribution in [0.4, 0.5) is 5.69 Å². The second-order valence-corrected chi connectivity index (χ2v) is 5.66. The summed E-state index contributed by atoms with van der Waals surface area (Å²) in [6.45, 7) is 1.83. The number of pyridine rings is 2. The minimum atomic E-state index is -0.221. The Bertz CT molecular complexity index is 1080. The maximum absolute atomic E-state index is 12.5. The summed E-state index contributed by atoms with van der Waals surface area (Å²) in [6.07, 6.45) is 5.03. The minimum Gasteiger partial charge on any atom is -0.457 e. The highest BCUT2D eigenvalue weighted by atomic mass is 16.5. The number of hydrogen-bond acceptors (Lipinski definition) is 5. The van der Waals surface area contributed by atoms with Gasteiger partial charge in [0, 0.05) is 30.3 Å². The Labute approximate surface area is 149 Å². The molecule has 4 aromatic rings. The number of aryl methyl sites for hydroxylation is 1. The van der Waals surface area contributed by atoms with Crippen LogP contribution in [-0.4, -0.2) is 25.5 Å². The third kappa shape index (κ3) is 3.23. The fourth-order valence-corrected chi connectivity index (χ4v) is 2.52. The van der Waals surface area contributed by atoms with Crippen molar-refractivity contribution in [3.8, 4) is 11.5 Å². The maximum Gasteiger partial charge on any atom is 0.257 e. The molecule has 4 rings (SSSR count). The SMILES string of the molecule is Cc1nnc2ccc(C(=O)Nc3cccc(Oc4ccncc4)c3)cn12. The van der Waals surface area contributed by atoms with Crippen LogP contribution >= 0.6 is 0 Å². The molecule has 0 spiro atoms. The Morgan fingerprint density at radius 3 is 2.73 bits per heavy atom. The summed E-state index contributed by atoms with van der Waals surface area (Å²) in [5.41, 5.74) is 1.86. The zero-order chi connectivity index (χ0) is 17.9. The third-order valence-electron chi connectivity index (χ3n) is 3.81. The molecule has 1 aromatic carbocycles. The number of nitrogens with one attached hydrogen (secondary N) is 1. The lowest BCUT2D eigenvalue weighted by Crippen LogP contribution is -2.12. The Hall–Kier alpha value is -3.74. The molecule has 0 unspecified atom stereocenters. The number of amides is 1. The van der Waals surface area contributed by atoms with Gasteiger partial charge < -0.3 is 10.1 Å². The van der Waals surface area contributed by atoms with Crippen LogP contribution in [0, 0.1) is 6.92 Å². The van der Waals surface area contributed by atoms with E-state index in [1.807, 2.05) is 19.1 Å². The molecule has 7 heteroatoms. The quantitative estimate of drug-likeness (QED) is 0.612. The Morgan fingerprint density at radius 1 is 1.04 bits per heavy atom. The maximum atomic E-state index is 12.5. The van der Waals surface area contributed by atoms with Gasteiger partial charge in [0.2, 0.25) is 0 Å². The fraction of sp³-hybridized carbons (Fsp3) is 0.0526. The second kappa shape index (κ2) is 6.64. The highest BCUT2D eigenvalue weighted by Crippen LogP contribution is 2.23. The number of nitrogens with zero attached hydrogens (tertiary/aromatic N) is 4. The number of fused-ring (bicyclic) bond motifs is 1. The zero-order valence-electron chi connectivity index (χ0n) is 14.0. The topological polar surface area (TPSA) is 81.4 Å². The largest absolute Gasteiger partial charge is 0.457 e. The predicted molar refractivity (Wildman–Crippen MR) is 96.4 cm³/mol. The summed E-state index contributed by atoms with van der Waals surface area (Å²) in [7, 11) is 0. The minimum absolute atomic E-state index is 0.221. The molecule has 26 heavy (non-hydrogen) atoms. The highest BCUT2D eigenvalue weighted by molar-refractivity contribution is 6.04. The first-order valence-electron chi connectivity index (χ1n) is 8.00. The van der Waals surface area contributed by atoms with Gasteiger partial charge in [-0.3, -0.25) is 14.2 Å². The molecular formula is C19H15N5O2. The van der Waals surface area contributed by atoms with Crippen molar-refractivity contribution in [1.29, 1.82) is 0 Å². The molecule has 3 heterocycles. The van der Waals surface area contributed by atoms with Gasteiger partial charge in [0.15, 0.2) is 5.65 Å². The average molecular weight is 345 g/mol. The molecule has 1 amide bonds. The number of carbonyl (C=O) groups is 1. The average Bonchev–Trinajstić information content (AvgIpc) is 3.03. The van der Waals surface area contributed by atoms with Crippen molar-refractivity contribution in [2.45, 2.75) is 6.92 Å². The molecule has 1 N–H and O–H groups in total. The van der Waals surface area contributed by atoms with Crippen LogP contribution in [-0.2, 0) is 0 Å². The van der Waals surface area contributed by atoms with Gasteiger partial charge >= 0.3 is 0 Å². The van der Waals surface area contributed by atoms with E-state index in [9.17, 15) is 4.79 Å². The highest BCUT2D eigenvalue weighted by Gasteiger charge is 2.10. The van der Waals surface area contributed by atoms with Crippen molar-refractivity contribution in [2.75, 3.05) is 5.32 Å². The van der Waals surface area contributed by atoms with E-state index in [2.05, 4.69) is 20.5 Å². The van der Waals surface area contributed by atoms with E-state index in [1.54, 1.807) is 59.4 Å². The van der Waals surface area contributed by atoms with E-state index in [-0.39, 0.29) is 5.91 Å². The summed E-state index contributed by atoms with van der Waals surface area (Å²) in [5, 5.41) is 10.9. The Morgan fingerprint density at radius 2 is 1.88 bits per heavy atom. The number of ether oxygens (including phenoxy) is 1. The molecule has 0 bridgehead atoms. The second-order valence-electron chi connectivity index (χ2n) is 5.66. The van der Waals surface area contributed by atoms with Gasteiger partial charge in [0.05, 0.1) is 5.56 Å². The molecule has 0 radical (unpaired) electrons. The normalized spacial score (nSPS) is 10.7. The smallest absolute Gasteiger partial charge is 0.257 e. The van der Waals surface area contributed by atoms with Crippen molar-refractivity contribution in [3.05, 3.63) is 78.5 Å². The molecule has 128 valence electrons. The van der Waals surface area contributed by atoms with Gasteiger partial charge in [-0.25, -0.2) is 0 Å². The Kier molecular flexibility index (Phi) is 4.03. The van der Waals surface area contributed by atoms with Crippen LogP contribution in [0.15, 0.2) is 67.1 Å². The van der Waals surface area contributed by atoms with E-state index in [0.29, 0.717) is 28.4 Å². The van der Waals surface area contributed by atoms with Gasteiger partial charge in [0.1, 0.15) is 17.3 Å². The Balaban J connectivity index is 1.53. The molecule has 0 aliphatic heterocycles. The van der Waals surface area contributed by atoms with Crippen LogP contribution in [0.1, 0.15) is 16.2 Å². The molecule has 0 aliphatic rings. The van der Waals surface area contributed by atoms with E-state index in [0.717, 1.165) is 5.82 Å². The lowest BCUT2D eigenvalue weighted by molar-refractivity contribution is 0.102. The summed E-state index contributed by atoms with van der Waals surface area (Å²) >= 11 is 0. The number of rotatable bonds is 4. The molecule has 0 fully saturated rings. The fourth-order valence-electron chi connectivity index (χ4n) is 2.52. The monoisotopic (exact) mass is 345 g/mol. The van der Waals surface area contributed by atoms with E-state index in [1.165, 1.54) is 0 Å². The summed E-state index contributed by atoms with van der Waals surface area (Å²) < 4.78 is 7.53. The molecule has 3 aromatic heterocycles. The van der Waals surface area contributed by atoms with Crippen LogP contribution in [0.25, 0.3) is 5.65 Å². The van der Waals surface area contributed by atoms with Crippen molar-refractivity contribution < 1.29 is 9.53 Å². The summed E-state index contributed by atoms with van der Waals surface area (Å²) in [4.78, 5) is 16.5. The molecule has 0 aliphatic carbocycles. The van der Waals surface area contributed by atoms with E-state index in [4.69, 9.17) is 4.74 Å². The van der Waals surface area contributed by atoms with Gasteiger partial charge in [-0.2, -0.15) is 0 Å². The number of aromatic nitrogens is 4. The van der Waals surface area contributed by atoms with E-state index < -0.39 is 0 Å². The van der Waals surface area contributed by atoms with Crippen molar-refractivity contribution >= 4 is 17.2 Å². The van der Waals surface area contributed by atoms with Crippen molar-refractivity contribution in [3.63, 3.8) is 0 Å². The zero-order valence-corrected chi connectivity index (χ0v) is 14.0. The first kappa shape index (κ1) is 15.8. The third-order valence-corrected chi connectivity index (χ3v) is 3.81. The molecular weight excluding hydrogens is 330 g/mol. The number of benzene rings is 1. The standard InChI is InChI=1S/C19H15N5O2/c1-13-22-23-18-6-5-14(12-24(13)18)19(25)21-15-3-2-4-17(11-15)26-16-7-9-20-10-8-16/h2-12H,1H3,(H,21,25). The van der Waals surface area contributed by atoms with Crippen molar-refractivity contribution in [2.24, 2.45) is 0 Å². The molecule has 7 nitrogen and oxygen atoms in total. The lowest BCUT2D eigenvalue weighted by atomic mass is 10.2. The summed E-state index contributed by atoms with van der Waals surface area (Å²) in [5.74, 6) is 1.81. The lowest BCUT2D eigenvalue weighted by Gasteiger charge is -2.09. The molecule has 0 saturated heterocycles. The number of carbonyl (C=O) groups excluding carboxylic acids is 1. The van der Waals surface area contributed by atoms with Crippen molar-refractivity contribution in [1.82, 2.24) is 19.6 Å². The number of anilines is 1. The van der Waals surface area contributed by atoms with E-state index >= 15 is 0 Å². The molecule has 0 atom stereocenters. The van der Waals surface area contributed by atoms with Crippen LogP contribution in [0.5, 0.6) is 11.5 Å². The first-order chi connectivity index (χ1) is 12.7. The van der Waals surface area contributed by atoms with Gasteiger partial charge in [-0.1, -0.05) is 6.07 Å². The first-order valence-corrected chi connectivity index (χ1v) is 8.00. The predicted octanol–water partition coefficient (Wildman–Crippen LogP) is 3.48.